The summed E-state index contributed by atoms with van der Waals surface area (Å²) in [5, 5.41) is 27.3. The molecule has 0 aromatic carbocycles. The summed E-state index contributed by atoms with van der Waals surface area (Å²) in [5.41, 5.74) is 0. The lowest BCUT2D eigenvalue weighted by Gasteiger charge is -1.82. The van der Waals surface area contributed by atoms with Gasteiger partial charge in [0.15, 0.2) is 0 Å². The third kappa shape index (κ3) is 38400. The molecule has 47 heavy (non-hydrogen) atoms. The van der Waals surface area contributed by atoms with Gasteiger partial charge >= 0.3 is 52.1 Å². The van der Waals surface area contributed by atoms with E-state index in [9.17, 15) is 0 Å². The molecular formula is H43ClN10O30P4S2. The number of hydrogen-bond acceptors (Lipinski definition) is 20. The average Bonchev–Trinajstić information content (AvgIpc) is 2.20. The Bertz CT molecular complexity index is 826. The lowest BCUT2D eigenvalue weighted by molar-refractivity contribution is -0.742. The van der Waals surface area contributed by atoms with E-state index in [4.69, 9.17) is 143 Å². The smallest absolute Gasteiger partial charge is 0.344 e. The molecule has 0 saturated carbocycles. The van der Waals surface area contributed by atoms with E-state index in [2.05, 4.69) is 0 Å². The minimum atomic E-state index is -4.67. The zero-order valence-corrected chi connectivity index (χ0v) is 28.5. The summed E-state index contributed by atoms with van der Waals surface area (Å²) in [4.78, 5) is 103. The van der Waals surface area contributed by atoms with E-state index in [1.807, 2.05) is 0 Å². The second kappa shape index (κ2) is 51.4. The first-order chi connectivity index (χ1) is 15.5. The Hall–Kier alpha value is -1.45. The molecular weight excluding hydrogens is 844 g/mol. The molecule has 0 aromatic heterocycles. The van der Waals surface area contributed by atoms with Crippen LogP contribution in [0.1, 0.15) is 0 Å². The first kappa shape index (κ1) is 111. The molecule has 0 spiro atoms. The Morgan fingerprint density at radius 2 is 0.383 bits per heavy atom. The predicted octanol–water partition coefficient (Wildman–Crippen LogP) is -4.00. The first-order valence-electron chi connectivity index (χ1n) is 5.66. The van der Waals surface area contributed by atoms with Gasteiger partial charge in [0.2, 0.25) is 0 Å². The number of rotatable bonds is 0. The largest absolute Gasteiger partial charge is 0.466 e. The minimum absolute atomic E-state index is 0. The molecule has 0 rings (SSSR count). The second-order valence-electron chi connectivity index (χ2n) is 3.42. The maximum atomic E-state index is 8.88. The molecule has 0 aliphatic heterocycles. The van der Waals surface area contributed by atoms with Gasteiger partial charge in [-0.2, -0.15) is 16.8 Å². The fourth-order valence-electron chi connectivity index (χ4n) is 0. The van der Waals surface area contributed by atoms with Gasteiger partial charge in [0.05, 0.1) is 0 Å². The van der Waals surface area contributed by atoms with E-state index in [-0.39, 0.29) is 61.6 Å². The third-order valence-corrected chi connectivity index (χ3v) is 0. The van der Waals surface area contributed by atoms with Crippen LogP contribution in [0.5, 0.6) is 0 Å². The highest BCUT2D eigenvalue weighted by Crippen LogP contribution is 2.27. The molecule has 0 fully saturated rings. The van der Waals surface area contributed by atoms with Gasteiger partial charge in [0, 0.05) is 0 Å². The SMILES string of the molecule is Cl.N.N.N.N.N.N.N.N.O=P(O)(O)O.O=P(O)(O)O.O=P(O)(O)O.O=P(O)(O)O.O=S(=O)(O)O.O=S(=O)(O)O.O=[N+]([O-])O.O=[N+]([O-])O. The zero-order chi connectivity index (χ0) is 34.2. The van der Waals surface area contributed by atoms with Crippen LogP contribution in [0.3, 0.4) is 0 Å². The summed E-state index contributed by atoms with van der Waals surface area (Å²) in [6, 6.07) is 0. The lowest BCUT2D eigenvalue weighted by atomic mass is 13.1. The summed E-state index contributed by atoms with van der Waals surface area (Å²) >= 11 is 0. The van der Waals surface area contributed by atoms with Crippen molar-refractivity contribution in [3.8, 4) is 0 Å². The molecule has 42 N–H and O–H groups in total. The molecule has 40 nitrogen and oxygen atoms in total. The molecule has 0 heterocycles. The maximum Gasteiger partial charge on any atom is 0.466 e. The highest BCUT2D eigenvalue weighted by molar-refractivity contribution is 7.80. The van der Waals surface area contributed by atoms with Crippen LogP contribution < -0.4 is 49.2 Å². The van der Waals surface area contributed by atoms with Crippen molar-refractivity contribution < 1.29 is 133 Å². The van der Waals surface area contributed by atoms with E-state index in [1.165, 1.54) is 0 Å². The molecule has 0 saturated heterocycles. The molecule has 0 radical (unpaired) electrons. The van der Waals surface area contributed by atoms with Gasteiger partial charge in [-0.15, -0.1) is 32.6 Å². The summed E-state index contributed by atoms with van der Waals surface area (Å²) < 4.78 is 98.7. The van der Waals surface area contributed by atoms with E-state index < -0.39 is 62.3 Å². The molecule has 0 atom stereocenters. The third-order valence-electron chi connectivity index (χ3n) is 0. The summed E-state index contributed by atoms with van der Waals surface area (Å²) in [6.07, 6.45) is 0. The Morgan fingerprint density at radius 1 is 0.383 bits per heavy atom. The van der Waals surface area contributed by atoms with Gasteiger partial charge in [0.1, 0.15) is 0 Å². The Kier molecular flexibility index (Phi) is 121. The van der Waals surface area contributed by atoms with Gasteiger partial charge in [-0.3, -0.25) is 18.2 Å². The fourth-order valence-corrected chi connectivity index (χ4v) is 0. The highest BCUT2D eigenvalue weighted by Gasteiger charge is 2.01. The van der Waals surface area contributed by atoms with Gasteiger partial charge in [-0.05, 0) is 0 Å². The lowest BCUT2D eigenvalue weighted by Crippen LogP contribution is -1.89. The van der Waals surface area contributed by atoms with Crippen molar-refractivity contribution in [2.75, 3.05) is 0 Å². The van der Waals surface area contributed by atoms with Crippen LogP contribution in [0.15, 0.2) is 0 Å². The van der Waals surface area contributed by atoms with Crippen molar-refractivity contribution in [2.24, 2.45) is 0 Å². The summed E-state index contributed by atoms with van der Waals surface area (Å²) in [6.45, 7) is 0. The minimum Gasteiger partial charge on any atom is -0.344 e. The van der Waals surface area contributed by atoms with Crippen molar-refractivity contribution in [3.05, 3.63) is 20.2 Å². The van der Waals surface area contributed by atoms with Crippen LogP contribution >= 0.6 is 43.7 Å². The van der Waals surface area contributed by atoms with Crippen molar-refractivity contribution in [2.45, 2.75) is 0 Å². The standard InChI is InChI=1S/ClH.2HNO3.8H3N.4H3O4P.2H2O4S/c;2*2-1(3)4;;;;;;;;;6*1-5(2,3)4/h1H;2*(H,2,3,4);8*1H3;4*(H3,1,2,3,4);2*(H2,1,2,3,4). The maximum absolute atomic E-state index is 8.88. The summed E-state index contributed by atoms with van der Waals surface area (Å²) in [7, 11) is -27.9. The van der Waals surface area contributed by atoms with Crippen molar-refractivity contribution >= 4 is 64.5 Å². The number of phosphoric acid groups is 4. The van der Waals surface area contributed by atoms with Gasteiger partial charge in [-0.1, -0.05) is 0 Å². The van der Waals surface area contributed by atoms with Crippen LogP contribution in [-0.2, 0) is 39.1 Å². The number of hydrogen-bond donors (Lipinski definition) is 26. The van der Waals surface area contributed by atoms with Crippen molar-refractivity contribution in [1.29, 1.82) is 0 Å². The Morgan fingerprint density at radius 3 is 0.383 bits per heavy atom. The highest BCUT2D eigenvalue weighted by atomic mass is 35.5. The first-order valence-corrected chi connectivity index (χ1v) is 14.7. The van der Waals surface area contributed by atoms with Gasteiger partial charge < -0.3 is 118 Å². The molecule has 0 aromatic rings. The molecule has 0 amide bonds. The van der Waals surface area contributed by atoms with E-state index in [0.29, 0.717) is 0 Å². The monoisotopic (exact) mass is 886 g/mol. The van der Waals surface area contributed by atoms with Crippen molar-refractivity contribution in [1.82, 2.24) is 49.2 Å². The normalized spacial score (nSPS) is 8.51. The summed E-state index contributed by atoms with van der Waals surface area (Å²) in [5.74, 6) is 0. The van der Waals surface area contributed by atoms with Gasteiger partial charge in [-0.25, -0.2) is 18.3 Å². The molecule has 47 heteroatoms. The molecule has 0 aliphatic carbocycles. The topological polar surface area (TPSA) is 867 Å². The number of halogens is 1. The van der Waals surface area contributed by atoms with Crippen LogP contribution in [-0.4, -0.2) is 114 Å². The van der Waals surface area contributed by atoms with Crippen LogP contribution in [0, 0.1) is 20.2 Å². The van der Waals surface area contributed by atoms with E-state index in [0.717, 1.165) is 0 Å². The van der Waals surface area contributed by atoms with Crippen molar-refractivity contribution in [3.63, 3.8) is 0 Å². The average molecular weight is 887 g/mol. The van der Waals surface area contributed by atoms with E-state index in [1.54, 1.807) is 0 Å². The van der Waals surface area contributed by atoms with Crippen LogP contribution in [0.2, 0.25) is 0 Å². The van der Waals surface area contributed by atoms with E-state index >= 15 is 0 Å². The molecule has 0 aliphatic rings. The second-order valence-corrected chi connectivity index (χ2v) is 9.32. The molecule has 0 bridgehead atoms. The fraction of sp³-hybridized carbons (Fsp3) is 0. The Labute approximate surface area is 266 Å². The van der Waals surface area contributed by atoms with Crippen LogP contribution in [0.25, 0.3) is 0 Å². The zero-order valence-electron chi connectivity index (χ0n) is 22.5. The predicted molar refractivity (Wildman–Crippen MR) is 150 cm³/mol. The quantitative estimate of drug-likeness (QED) is 0.0477. The van der Waals surface area contributed by atoms with Crippen LogP contribution in [0.4, 0.5) is 0 Å². The number of nitrogens with zero attached hydrogens (tertiary/aromatic N) is 2. The Balaban J connectivity index is -0.0000000142. The molecule has 312 valence electrons. The molecule has 0 unspecified atom stereocenters. The van der Waals surface area contributed by atoms with Gasteiger partial charge in [0.25, 0.3) is 10.2 Å².